The smallest absolute Gasteiger partial charge is 0.410 e. The average Bonchev–Trinajstić information content (AvgIpc) is 2.98. The van der Waals surface area contributed by atoms with Crippen LogP contribution in [0.3, 0.4) is 0 Å². The third-order valence-corrected chi connectivity index (χ3v) is 5.58. The number of rotatable bonds is 1. The minimum atomic E-state index is -0.390. The fourth-order valence-corrected chi connectivity index (χ4v) is 4.32. The molecule has 0 aromatic rings. The van der Waals surface area contributed by atoms with Gasteiger partial charge in [-0.1, -0.05) is 24.1 Å². The summed E-state index contributed by atoms with van der Waals surface area (Å²) in [5.41, 5.74) is 4.36. The van der Waals surface area contributed by atoms with Gasteiger partial charge in [0.1, 0.15) is 6.10 Å². The molecule has 138 valence electrons. The molecule has 1 aliphatic heterocycles. The van der Waals surface area contributed by atoms with Crippen molar-refractivity contribution in [2.45, 2.75) is 57.7 Å². The zero-order valence-electron chi connectivity index (χ0n) is 15.5. The Morgan fingerprint density at radius 2 is 2.08 bits per heavy atom. The normalized spacial score (nSPS) is 27.4. The van der Waals surface area contributed by atoms with Crippen LogP contribution in [-0.2, 0) is 14.3 Å². The molecule has 5 nitrogen and oxygen atoms in total. The minimum Gasteiger partial charge on any atom is -0.462 e. The van der Waals surface area contributed by atoms with Crippen molar-refractivity contribution in [1.29, 1.82) is 0 Å². The number of fused-ring (bicyclic) bond motifs is 2. The third-order valence-electron chi connectivity index (χ3n) is 5.58. The molecule has 1 heterocycles. The fourth-order valence-electron chi connectivity index (χ4n) is 4.32. The molecule has 0 aromatic carbocycles. The van der Waals surface area contributed by atoms with Crippen molar-refractivity contribution in [3.05, 3.63) is 23.8 Å². The number of amides is 1. The van der Waals surface area contributed by atoms with E-state index in [1.807, 2.05) is 0 Å². The monoisotopic (exact) mass is 355 g/mol. The molecule has 1 unspecified atom stereocenters. The molecule has 0 N–H and O–H groups in total. The predicted octanol–water partition coefficient (Wildman–Crippen LogP) is 3.54. The summed E-state index contributed by atoms with van der Waals surface area (Å²) in [6, 6.07) is 6.26. The van der Waals surface area contributed by atoms with Crippen molar-refractivity contribution >= 4 is 12.1 Å². The number of terminal acetylenes is 1. The molecular formula is C21H25NO4. The molecule has 4 aliphatic rings. The summed E-state index contributed by atoms with van der Waals surface area (Å²) in [5.74, 6) is 2.49. The number of carbonyl (C=O) groups is 2. The van der Waals surface area contributed by atoms with Crippen LogP contribution in [0.4, 0.5) is 4.79 Å². The van der Waals surface area contributed by atoms with Crippen LogP contribution in [-0.4, -0.2) is 42.3 Å². The second-order valence-electron chi connectivity index (χ2n) is 7.14. The minimum absolute atomic E-state index is 0.0200. The van der Waals surface area contributed by atoms with E-state index >= 15 is 0 Å². The first-order chi connectivity index (χ1) is 12.5. The number of methoxy groups -OCH3 is 1. The maximum Gasteiger partial charge on any atom is 0.410 e. The summed E-state index contributed by atoms with van der Waals surface area (Å²) in [6.07, 6.45) is 8.30. The van der Waals surface area contributed by atoms with Gasteiger partial charge in [0.05, 0.1) is 13.2 Å². The number of benzene rings is 1. The van der Waals surface area contributed by atoms with E-state index in [9.17, 15) is 9.59 Å². The second-order valence-corrected chi connectivity index (χ2v) is 7.14. The molecule has 1 saturated carbocycles. The maximum atomic E-state index is 11.9. The number of hydrogen-bond acceptors (Lipinski definition) is 4. The topological polar surface area (TPSA) is 55.8 Å². The zero-order valence-corrected chi connectivity index (χ0v) is 15.5. The zero-order chi connectivity index (χ0) is 18.8. The first-order valence-electron chi connectivity index (χ1n) is 9.07. The van der Waals surface area contributed by atoms with Crippen molar-refractivity contribution in [2.75, 3.05) is 7.11 Å². The van der Waals surface area contributed by atoms with Gasteiger partial charge in [0.15, 0.2) is 0 Å². The molecule has 0 radical (unpaired) electrons. The molecule has 4 atom stereocenters. The maximum absolute atomic E-state index is 11.9. The van der Waals surface area contributed by atoms with Gasteiger partial charge in [-0.3, -0.25) is 9.69 Å². The molecular weight excluding hydrogens is 330 g/mol. The van der Waals surface area contributed by atoms with Gasteiger partial charge in [0.25, 0.3) is 0 Å². The Morgan fingerprint density at radius 3 is 2.50 bits per heavy atom. The number of likely N-dealkylation sites (tertiary alicyclic amines) is 1. The van der Waals surface area contributed by atoms with E-state index < -0.39 is 0 Å². The lowest BCUT2D eigenvalue weighted by atomic mass is 9.82. The Morgan fingerprint density at radius 1 is 1.31 bits per heavy atom. The average molecular weight is 355 g/mol. The van der Waals surface area contributed by atoms with E-state index in [1.54, 1.807) is 4.90 Å². The lowest BCUT2D eigenvalue weighted by Crippen LogP contribution is -2.46. The number of esters is 1. The number of carbonyl (C=O) groups excluding carboxylic acids is 2. The van der Waals surface area contributed by atoms with Crippen LogP contribution in [0.5, 0.6) is 0 Å². The first kappa shape index (κ1) is 18.3. The van der Waals surface area contributed by atoms with Crippen LogP contribution < -0.4 is 0 Å². The highest BCUT2D eigenvalue weighted by molar-refractivity contribution is 5.80. The van der Waals surface area contributed by atoms with Crippen LogP contribution in [0.15, 0.2) is 18.2 Å². The van der Waals surface area contributed by atoms with Gasteiger partial charge in [0.2, 0.25) is 0 Å². The fraction of sp³-hybridized carbons (Fsp3) is 0.524. The van der Waals surface area contributed by atoms with Crippen LogP contribution in [0, 0.1) is 25.2 Å². The molecule has 5 heteroatoms. The van der Waals surface area contributed by atoms with Crippen LogP contribution in [0.2, 0.25) is 0 Å². The predicted molar refractivity (Wildman–Crippen MR) is 98.3 cm³/mol. The highest BCUT2D eigenvalue weighted by Crippen LogP contribution is 2.41. The molecule has 0 aromatic heterocycles. The van der Waals surface area contributed by atoms with Gasteiger partial charge >= 0.3 is 12.1 Å². The Kier molecular flexibility index (Phi) is 5.22. The summed E-state index contributed by atoms with van der Waals surface area (Å²) in [7, 11) is 1.36. The Hall–Kier alpha value is -2.48. The van der Waals surface area contributed by atoms with Crippen LogP contribution in [0.1, 0.15) is 38.2 Å². The summed E-state index contributed by atoms with van der Waals surface area (Å²) < 4.78 is 10.2. The first-order valence-corrected chi connectivity index (χ1v) is 9.07. The quantitative estimate of drug-likeness (QED) is 0.580. The van der Waals surface area contributed by atoms with Gasteiger partial charge in [-0.05, 0) is 49.3 Å². The number of nitrogens with zero attached hydrogens (tertiary/aromatic N) is 1. The van der Waals surface area contributed by atoms with E-state index in [0.29, 0.717) is 6.42 Å². The summed E-state index contributed by atoms with van der Waals surface area (Å²) in [6.45, 7) is 3.55. The van der Waals surface area contributed by atoms with Gasteiger partial charge in [0, 0.05) is 18.9 Å². The van der Waals surface area contributed by atoms with Crippen molar-refractivity contribution in [3.8, 4) is 23.5 Å². The largest absolute Gasteiger partial charge is 0.462 e. The Labute approximate surface area is 154 Å². The molecule has 1 saturated heterocycles. The molecule has 0 spiro atoms. The molecule has 2 fully saturated rings. The van der Waals surface area contributed by atoms with E-state index in [0.717, 1.165) is 19.3 Å². The van der Waals surface area contributed by atoms with E-state index in [2.05, 4.69) is 31.0 Å². The van der Waals surface area contributed by atoms with Crippen molar-refractivity contribution in [1.82, 2.24) is 4.90 Å². The molecule has 26 heavy (non-hydrogen) atoms. The highest BCUT2D eigenvalue weighted by atomic mass is 16.5. The van der Waals surface area contributed by atoms with Crippen LogP contribution in [0.25, 0.3) is 11.1 Å². The van der Waals surface area contributed by atoms with Gasteiger partial charge in [-0.25, -0.2) is 4.79 Å². The molecule has 1 amide bonds. The highest BCUT2D eigenvalue weighted by Gasteiger charge is 2.49. The lowest BCUT2D eigenvalue weighted by molar-refractivity contribution is -0.151. The van der Waals surface area contributed by atoms with Gasteiger partial charge in [-0.15, -0.1) is 6.42 Å². The van der Waals surface area contributed by atoms with Crippen molar-refractivity contribution in [2.24, 2.45) is 5.92 Å². The number of hydrogen-bond donors (Lipinski definition) is 0. The SMILES string of the molecule is C#CC1C[C@H]2[C@@H](OC(C)=O)CCC[C@H]2N1C(=O)OC.Cc1cc2ccc1-2. The van der Waals surface area contributed by atoms with E-state index in [1.165, 1.54) is 30.7 Å². The lowest BCUT2D eigenvalue weighted by Gasteiger charge is -2.35. The van der Waals surface area contributed by atoms with Crippen molar-refractivity contribution in [3.63, 3.8) is 0 Å². The molecule has 4 rings (SSSR count). The van der Waals surface area contributed by atoms with E-state index in [-0.39, 0.29) is 36.2 Å². The second kappa shape index (κ2) is 7.41. The number of ether oxygens (including phenoxy) is 2. The van der Waals surface area contributed by atoms with Crippen LogP contribution >= 0.6 is 0 Å². The standard InChI is InChI=1S/C14H19NO4.C7H6/c1-4-10-8-11-12(15(10)14(17)18-3)6-5-7-13(11)19-9(2)16;1-5-4-6-2-3-7(5)6/h1,10-13H,5-8H2,2-3H3;2-4H,1H3/t10?,11-,12-,13+;/m1./s1. The summed E-state index contributed by atoms with van der Waals surface area (Å²) >= 11 is 0. The van der Waals surface area contributed by atoms with Gasteiger partial charge in [-0.2, -0.15) is 0 Å². The van der Waals surface area contributed by atoms with Crippen molar-refractivity contribution < 1.29 is 19.1 Å². The molecule has 0 bridgehead atoms. The van der Waals surface area contributed by atoms with Gasteiger partial charge < -0.3 is 9.47 Å². The Bertz CT molecular complexity index is 751. The molecule has 3 aliphatic carbocycles. The third kappa shape index (κ3) is 3.29. The Balaban J connectivity index is 0.000000229. The summed E-state index contributed by atoms with van der Waals surface area (Å²) in [5, 5.41) is 0. The number of aryl methyl sites for hydroxylation is 1. The summed E-state index contributed by atoms with van der Waals surface area (Å²) in [4.78, 5) is 24.7. The van der Waals surface area contributed by atoms with E-state index in [4.69, 9.17) is 15.9 Å².